The highest BCUT2D eigenvalue weighted by atomic mass is 16.5. The van der Waals surface area contributed by atoms with Crippen LogP contribution in [0.25, 0.3) is 21.7 Å². The lowest BCUT2D eigenvalue weighted by atomic mass is 10.1. The first-order valence-electron chi connectivity index (χ1n) is 7.95. The maximum Gasteiger partial charge on any atom is 0.137 e. The lowest BCUT2D eigenvalue weighted by Gasteiger charge is -2.10. The van der Waals surface area contributed by atoms with Crippen LogP contribution in [0.2, 0.25) is 0 Å². The third-order valence-corrected chi connectivity index (χ3v) is 3.93. The minimum absolute atomic E-state index is 0.566. The second-order valence-electron chi connectivity index (χ2n) is 5.52. The van der Waals surface area contributed by atoms with Crippen molar-refractivity contribution in [1.82, 2.24) is 9.97 Å². The number of para-hydroxylation sites is 1. The van der Waals surface area contributed by atoms with E-state index in [1.54, 1.807) is 6.33 Å². The van der Waals surface area contributed by atoms with Gasteiger partial charge in [-0.3, -0.25) is 0 Å². The molecule has 0 aliphatic rings. The van der Waals surface area contributed by atoms with Crippen LogP contribution < -0.4 is 10.1 Å². The van der Waals surface area contributed by atoms with Crippen molar-refractivity contribution in [2.45, 2.75) is 0 Å². The van der Waals surface area contributed by atoms with Gasteiger partial charge in [0.15, 0.2) is 0 Å². The summed E-state index contributed by atoms with van der Waals surface area (Å²) in [4.78, 5) is 8.58. The third-order valence-electron chi connectivity index (χ3n) is 3.93. The lowest BCUT2D eigenvalue weighted by molar-refractivity contribution is 0.333. The van der Waals surface area contributed by atoms with Crippen molar-refractivity contribution in [3.8, 4) is 5.75 Å². The maximum absolute atomic E-state index is 5.84. The van der Waals surface area contributed by atoms with Gasteiger partial charge in [-0.1, -0.05) is 42.5 Å². The molecule has 118 valence electrons. The van der Waals surface area contributed by atoms with Crippen molar-refractivity contribution in [3.63, 3.8) is 0 Å². The molecule has 1 aromatic heterocycles. The summed E-state index contributed by atoms with van der Waals surface area (Å²) in [5.74, 6) is 1.71. The Bertz CT molecular complexity index is 979. The standard InChI is InChI=1S/C20H17N3O/c1-2-6-16-13-17(10-9-15(16)5-1)24-12-11-21-20-18-7-3-4-8-19(18)22-14-23-20/h1-10,13-14H,11-12H2,(H,21,22,23). The normalized spacial score (nSPS) is 10.8. The lowest BCUT2D eigenvalue weighted by Crippen LogP contribution is -2.12. The predicted molar refractivity (Wildman–Crippen MR) is 97.5 cm³/mol. The van der Waals surface area contributed by atoms with E-state index < -0.39 is 0 Å². The van der Waals surface area contributed by atoms with E-state index in [0.29, 0.717) is 13.2 Å². The van der Waals surface area contributed by atoms with E-state index in [1.807, 2.05) is 42.5 Å². The van der Waals surface area contributed by atoms with Gasteiger partial charge in [0.2, 0.25) is 0 Å². The quantitative estimate of drug-likeness (QED) is 0.559. The Labute approximate surface area is 140 Å². The molecular formula is C20H17N3O. The fourth-order valence-electron chi connectivity index (χ4n) is 2.74. The molecule has 0 aliphatic carbocycles. The van der Waals surface area contributed by atoms with Gasteiger partial charge in [0.25, 0.3) is 0 Å². The average Bonchev–Trinajstić information content (AvgIpc) is 2.65. The highest BCUT2D eigenvalue weighted by Gasteiger charge is 2.02. The van der Waals surface area contributed by atoms with Crippen LogP contribution in [0.5, 0.6) is 5.75 Å². The predicted octanol–water partition coefficient (Wildman–Crippen LogP) is 4.27. The number of benzene rings is 3. The fourth-order valence-corrected chi connectivity index (χ4v) is 2.74. The SMILES string of the molecule is c1ccc2cc(OCCNc3ncnc4ccccc34)ccc2c1. The van der Waals surface area contributed by atoms with Gasteiger partial charge in [-0.15, -0.1) is 0 Å². The summed E-state index contributed by atoms with van der Waals surface area (Å²) in [6.07, 6.45) is 1.58. The molecule has 0 fully saturated rings. The molecule has 4 nitrogen and oxygen atoms in total. The summed E-state index contributed by atoms with van der Waals surface area (Å²) in [6.45, 7) is 1.24. The third kappa shape index (κ3) is 2.99. The average molecular weight is 315 g/mol. The first kappa shape index (κ1) is 14.5. The number of rotatable bonds is 5. The van der Waals surface area contributed by atoms with E-state index in [1.165, 1.54) is 10.8 Å². The number of hydrogen-bond acceptors (Lipinski definition) is 4. The maximum atomic E-state index is 5.84. The van der Waals surface area contributed by atoms with Crippen molar-refractivity contribution in [2.24, 2.45) is 0 Å². The zero-order valence-electron chi connectivity index (χ0n) is 13.1. The van der Waals surface area contributed by atoms with E-state index in [9.17, 15) is 0 Å². The summed E-state index contributed by atoms with van der Waals surface area (Å²) in [5.41, 5.74) is 0.936. The Hall–Kier alpha value is -3.14. The number of hydrogen-bond donors (Lipinski definition) is 1. The minimum atomic E-state index is 0.566. The Morgan fingerprint density at radius 1 is 0.833 bits per heavy atom. The smallest absolute Gasteiger partial charge is 0.137 e. The molecule has 3 aromatic carbocycles. The molecule has 0 aliphatic heterocycles. The highest BCUT2D eigenvalue weighted by Crippen LogP contribution is 2.21. The van der Waals surface area contributed by atoms with Gasteiger partial charge in [-0.2, -0.15) is 0 Å². The summed E-state index contributed by atoms with van der Waals surface area (Å²) in [7, 11) is 0. The van der Waals surface area contributed by atoms with Crippen LogP contribution in [0, 0.1) is 0 Å². The van der Waals surface area contributed by atoms with Gasteiger partial charge in [0.05, 0.1) is 12.1 Å². The van der Waals surface area contributed by atoms with Crippen molar-refractivity contribution in [1.29, 1.82) is 0 Å². The van der Waals surface area contributed by atoms with Crippen LogP contribution in [0.3, 0.4) is 0 Å². The number of aromatic nitrogens is 2. The Morgan fingerprint density at radius 3 is 2.62 bits per heavy atom. The molecule has 0 unspecified atom stereocenters. The van der Waals surface area contributed by atoms with E-state index in [4.69, 9.17) is 4.74 Å². The number of nitrogens with one attached hydrogen (secondary N) is 1. The van der Waals surface area contributed by atoms with Crippen LogP contribution in [-0.4, -0.2) is 23.1 Å². The summed E-state index contributed by atoms with van der Waals surface area (Å²) in [6, 6.07) is 22.4. The molecule has 4 heteroatoms. The van der Waals surface area contributed by atoms with Crippen LogP contribution in [0.15, 0.2) is 73.1 Å². The number of nitrogens with zero attached hydrogens (tertiary/aromatic N) is 2. The van der Waals surface area contributed by atoms with Crippen LogP contribution >= 0.6 is 0 Å². The van der Waals surface area contributed by atoms with E-state index in [2.05, 4.69) is 39.6 Å². The molecule has 0 saturated carbocycles. The van der Waals surface area contributed by atoms with Crippen molar-refractivity contribution in [3.05, 3.63) is 73.1 Å². The first-order chi connectivity index (χ1) is 11.9. The zero-order chi connectivity index (χ0) is 16.2. The second-order valence-corrected chi connectivity index (χ2v) is 5.52. The van der Waals surface area contributed by atoms with Gasteiger partial charge >= 0.3 is 0 Å². The van der Waals surface area contributed by atoms with Crippen molar-refractivity contribution < 1.29 is 4.74 Å². The molecule has 1 N–H and O–H groups in total. The van der Waals surface area contributed by atoms with Crippen molar-refractivity contribution in [2.75, 3.05) is 18.5 Å². The molecular weight excluding hydrogens is 298 g/mol. The van der Waals surface area contributed by atoms with Gasteiger partial charge < -0.3 is 10.1 Å². The first-order valence-corrected chi connectivity index (χ1v) is 7.95. The van der Waals surface area contributed by atoms with E-state index in [-0.39, 0.29) is 0 Å². The second kappa shape index (κ2) is 6.54. The van der Waals surface area contributed by atoms with E-state index in [0.717, 1.165) is 22.5 Å². The number of anilines is 1. The molecule has 4 aromatic rings. The topological polar surface area (TPSA) is 47.0 Å². The van der Waals surface area contributed by atoms with Gasteiger partial charge in [0.1, 0.15) is 24.5 Å². The molecule has 4 rings (SSSR count). The Kier molecular flexibility index (Phi) is 3.94. The summed E-state index contributed by atoms with van der Waals surface area (Å²) >= 11 is 0. The molecule has 0 atom stereocenters. The summed E-state index contributed by atoms with van der Waals surface area (Å²) < 4.78 is 5.84. The van der Waals surface area contributed by atoms with Crippen LogP contribution in [0.4, 0.5) is 5.82 Å². The molecule has 0 amide bonds. The molecule has 1 heterocycles. The number of fused-ring (bicyclic) bond motifs is 2. The van der Waals surface area contributed by atoms with E-state index >= 15 is 0 Å². The molecule has 0 saturated heterocycles. The monoisotopic (exact) mass is 315 g/mol. The molecule has 0 bridgehead atoms. The summed E-state index contributed by atoms with van der Waals surface area (Å²) in [5, 5.41) is 6.74. The van der Waals surface area contributed by atoms with Gasteiger partial charge in [0, 0.05) is 5.39 Å². The van der Waals surface area contributed by atoms with Crippen molar-refractivity contribution >= 4 is 27.5 Å². The molecule has 24 heavy (non-hydrogen) atoms. The van der Waals surface area contributed by atoms with Crippen LogP contribution in [-0.2, 0) is 0 Å². The Balaban J connectivity index is 1.40. The largest absolute Gasteiger partial charge is 0.492 e. The van der Waals surface area contributed by atoms with Gasteiger partial charge in [-0.25, -0.2) is 9.97 Å². The number of ether oxygens (including phenoxy) is 1. The molecule has 0 radical (unpaired) electrons. The van der Waals surface area contributed by atoms with Gasteiger partial charge in [-0.05, 0) is 35.0 Å². The molecule has 0 spiro atoms. The Morgan fingerprint density at radius 2 is 1.67 bits per heavy atom. The zero-order valence-corrected chi connectivity index (χ0v) is 13.1. The highest BCUT2D eigenvalue weighted by molar-refractivity contribution is 5.88. The minimum Gasteiger partial charge on any atom is -0.492 e. The fraction of sp³-hybridized carbons (Fsp3) is 0.100. The van der Waals surface area contributed by atoms with Crippen LogP contribution in [0.1, 0.15) is 0 Å².